The Bertz CT molecular complexity index is 491. The molecule has 0 N–H and O–H groups in total. The fourth-order valence-corrected chi connectivity index (χ4v) is 1.60. The van der Waals surface area contributed by atoms with E-state index < -0.39 is 6.10 Å². The molecule has 0 amide bonds. The summed E-state index contributed by atoms with van der Waals surface area (Å²) in [7, 11) is 0. The summed E-state index contributed by atoms with van der Waals surface area (Å²) >= 11 is 0. The van der Waals surface area contributed by atoms with Crippen LogP contribution in [0.3, 0.4) is 0 Å². The highest BCUT2D eigenvalue weighted by atomic mass is 16.5. The van der Waals surface area contributed by atoms with Gasteiger partial charge in [0.1, 0.15) is 5.75 Å². The minimum Gasteiger partial charge on any atom is -0.477 e. The second kappa shape index (κ2) is 5.30. The molecule has 2 nitrogen and oxygen atoms in total. The van der Waals surface area contributed by atoms with Crippen LogP contribution < -0.4 is 4.74 Å². The minimum absolute atomic E-state index is 0.669. The Morgan fingerprint density at radius 2 is 1.65 bits per heavy atom. The van der Waals surface area contributed by atoms with E-state index in [4.69, 9.17) is 4.74 Å². The van der Waals surface area contributed by atoms with Crippen molar-refractivity contribution >= 4 is 6.29 Å². The van der Waals surface area contributed by atoms with Gasteiger partial charge in [-0.3, -0.25) is 4.79 Å². The van der Waals surface area contributed by atoms with Gasteiger partial charge in [0, 0.05) is 5.56 Å². The van der Waals surface area contributed by atoms with Crippen molar-refractivity contribution in [2.24, 2.45) is 0 Å². The number of hydrogen-bond acceptors (Lipinski definition) is 2. The monoisotopic (exact) mass is 225 g/mol. The first-order chi connectivity index (χ1) is 8.31. The standard InChI is InChI=1S/C15H13O2/c1-12-7-5-6-10-14(12)17-15(11-16)13-8-3-2-4-9-13/h2-10,15H,1H3. The molecular weight excluding hydrogens is 212 g/mol. The van der Waals surface area contributed by atoms with Crippen molar-refractivity contribution in [2.45, 2.75) is 13.0 Å². The van der Waals surface area contributed by atoms with Gasteiger partial charge < -0.3 is 4.74 Å². The Labute approximate surface area is 101 Å². The molecule has 0 aliphatic rings. The number of para-hydroxylation sites is 1. The summed E-state index contributed by atoms with van der Waals surface area (Å²) < 4.78 is 5.66. The predicted molar refractivity (Wildman–Crippen MR) is 66.7 cm³/mol. The van der Waals surface area contributed by atoms with Crippen LogP contribution in [0.5, 0.6) is 5.75 Å². The average Bonchev–Trinajstić information content (AvgIpc) is 2.39. The van der Waals surface area contributed by atoms with E-state index in [1.54, 1.807) is 0 Å². The van der Waals surface area contributed by atoms with E-state index in [1.165, 1.54) is 0 Å². The Kier molecular flexibility index (Phi) is 3.55. The summed E-state index contributed by atoms with van der Waals surface area (Å²) in [6.45, 7) is 1.95. The molecule has 0 spiro atoms. The molecular formula is C15H13O2. The lowest BCUT2D eigenvalue weighted by atomic mass is 10.1. The van der Waals surface area contributed by atoms with Gasteiger partial charge in [0.05, 0.1) is 0 Å². The number of aryl methyl sites for hydroxylation is 1. The molecule has 1 atom stereocenters. The molecule has 85 valence electrons. The van der Waals surface area contributed by atoms with E-state index in [0.29, 0.717) is 5.75 Å². The molecule has 2 rings (SSSR count). The summed E-state index contributed by atoms with van der Waals surface area (Å²) in [5.41, 5.74) is 1.81. The first-order valence-electron chi connectivity index (χ1n) is 5.46. The normalized spacial score (nSPS) is 11.8. The number of rotatable bonds is 4. The molecule has 0 aromatic heterocycles. The van der Waals surface area contributed by atoms with Crippen molar-refractivity contribution in [3.05, 3.63) is 65.7 Å². The predicted octanol–water partition coefficient (Wildman–Crippen LogP) is 3.22. The Morgan fingerprint density at radius 3 is 2.29 bits per heavy atom. The van der Waals surface area contributed by atoms with Gasteiger partial charge >= 0.3 is 0 Å². The van der Waals surface area contributed by atoms with Crippen LogP contribution in [0.25, 0.3) is 0 Å². The fraction of sp³-hybridized carbons (Fsp3) is 0.133. The molecule has 0 saturated heterocycles. The maximum atomic E-state index is 11.0. The third kappa shape index (κ3) is 2.72. The smallest absolute Gasteiger partial charge is 0.247 e. The van der Waals surface area contributed by atoms with Crippen molar-refractivity contribution < 1.29 is 9.53 Å². The van der Waals surface area contributed by atoms with Crippen molar-refractivity contribution in [3.63, 3.8) is 0 Å². The number of hydrogen-bond donors (Lipinski definition) is 0. The van der Waals surface area contributed by atoms with Crippen LogP contribution in [0.4, 0.5) is 0 Å². The highest BCUT2D eigenvalue weighted by Gasteiger charge is 2.13. The van der Waals surface area contributed by atoms with Crippen LogP contribution in [-0.2, 0) is 4.79 Å². The molecule has 0 aliphatic heterocycles. The average molecular weight is 225 g/mol. The van der Waals surface area contributed by atoms with E-state index in [0.717, 1.165) is 11.1 Å². The van der Waals surface area contributed by atoms with E-state index in [-0.39, 0.29) is 0 Å². The van der Waals surface area contributed by atoms with Crippen LogP contribution in [0.1, 0.15) is 17.2 Å². The molecule has 1 unspecified atom stereocenters. The molecule has 2 aromatic carbocycles. The topological polar surface area (TPSA) is 26.3 Å². The van der Waals surface area contributed by atoms with Gasteiger partial charge in [-0.1, -0.05) is 48.5 Å². The van der Waals surface area contributed by atoms with E-state index in [2.05, 4.69) is 0 Å². The minimum atomic E-state index is -0.669. The quantitative estimate of drug-likeness (QED) is 0.798. The third-order valence-corrected chi connectivity index (χ3v) is 2.55. The summed E-state index contributed by atoms with van der Waals surface area (Å²) in [5.74, 6) is 0.713. The molecule has 0 heterocycles. The molecule has 0 aliphatic carbocycles. The molecule has 0 fully saturated rings. The van der Waals surface area contributed by atoms with Gasteiger partial charge in [-0.05, 0) is 18.6 Å². The second-order valence-electron chi connectivity index (χ2n) is 3.79. The molecule has 1 radical (unpaired) electrons. The lowest BCUT2D eigenvalue weighted by molar-refractivity contribution is 0.263. The lowest BCUT2D eigenvalue weighted by Crippen LogP contribution is -2.09. The fourth-order valence-electron chi connectivity index (χ4n) is 1.60. The summed E-state index contributed by atoms with van der Waals surface area (Å²) in [6.07, 6.45) is 1.25. The Hall–Kier alpha value is -2.09. The summed E-state index contributed by atoms with van der Waals surface area (Å²) in [4.78, 5) is 11.0. The van der Waals surface area contributed by atoms with Crippen LogP contribution in [0.15, 0.2) is 54.6 Å². The van der Waals surface area contributed by atoms with Gasteiger partial charge in [-0.2, -0.15) is 0 Å². The largest absolute Gasteiger partial charge is 0.477 e. The molecule has 17 heavy (non-hydrogen) atoms. The van der Waals surface area contributed by atoms with Crippen molar-refractivity contribution in [2.75, 3.05) is 0 Å². The van der Waals surface area contributed by atoms with Crippen molar-refractivity contribution in [1.82, 2.24) is 0 Å². The Morgan fingerprint density at radius 1 is 1.00 bits per heavy atom. The molecule has 2 heteroatoms. The Balaban J connectivity index is 2.22. The van der Waals surface area contributed by atoms with E-state index in [1.807, 2.05) is 67.8 Å². The van der Waals surface area contributed by atoms with Gasteiger partial charge in [0.15, 0.2) is 6.10 Å². The number of ether oxygens (including phenoxy) is 1. The highest BCUT2D eigenvalue weighted by molar-refractivity contribution is 5.61. The summed E-state index contributed by atoms with van der Waals surface area (Å²) in [6, 6.07) is 17.0. The SMILES string of the molecule is Cc1ccccc1OC([C]=O)c1ccccc1. The van der Waals surface area contributed by atoms with Crippen molar-refractivity contribution in [3.8, 4) is 5.75 Å². The summed E-state index contributed by atoms with van der Waals surface area (Å²) in [5, 5.41) is 0. The van der Waals surface area contributed by atoms with Crippen LogP contribution in [-0.4, -0.2) is 6.29 Å². The molecule has 0 saturated carbocycles. The van der Waals surface area contributed by atoms with Crippen LogP contribution >= 0.6 is 0 Å². The zero-order chi connectivity index (χ0) is 12.1. The second-order valence-corrected chi connectivity index (χ2v) is 3.79. The first-order valence-corrected chi connectivity index (χ1v) is 5.46. The zero-order valence-corrected chi connectivity index (χ0v) is 9.59. The maximum Gasteiger partial charge on any atom is 0.247 e. The van der Waals surface area contributed by atoms with Crippen molar-refractivity contribution in [1.29, 1.82) is 0 Å². The zero-order valence-electron chi connectivity index (χ0n) is 9.59. The van der Waals surface area contributed by atoms with Gasteiger partial charge in [0.25, 0.3) is 0 Å². The first kappa shape index (κ1) is 11.4. The van der Waals surface area contributed by atoms with E-state index >= 15 is 0 Å². The van der Waals surface area contributed by atoms with Gasteiger partial charge in [0.2, 0.25) is 6.29 Å². The highest BCUT2D eigenvalue weighted by Crippen LogP contribution is 2.23. The van der Waals surface area contributed by atoms with Gasteiger partial charge in [-0.15, -0.1) is 0 Å². The lowest BCUT2D eigenvalue weighted by Gasteiger charge is -2.14. The van der Waals surface area contributed by atoms with E-state index in [9.17, 15) is 4.79 Å². The molecule has 2 aromatic rings. The number of carbonyl (C=O) groups excluding carboxylic acids is 1. The third-order valence-electron chi connectivity index (χ3n) is 2.55. The van der Waals surface area contributed by atoms with Crippen LogP contribution in [0, 0.1) is 6.92 Å². The molecule has 0 bridgehead atoms. The number of benzene rings is 2. The maximum absolute atomic E-state index is 11.0. The van der Waals surface area contributed by atoms with Gasteiger partial charge in [-0.25, -0.2) is 0 Å². The van der Waals surface area contributed by atoms with Crippen LogP contribution in [0.2, 0.25) is 0 Å².